The van der Waals surface area contributed by atoms with E-state index in [1.807, 2.05) is 0 Å². The van der Waals surface area contributed by atoms with Gasteiger partial charge in [-0.25, -0.2) is 26.7 Å². The van der Waals surface area contributed by atoms with Gasteiger partial charge in [-0.05, 0) is 12.3 Å². The van der Waals surface area contributed by atoms with Gasteiger partial charge in [-0.2, -0.15) is 0 Å². The van der Waals surface area contributed by atoms with Crippen molar-refractivity contribution in [3.63, 3.8) is 0 Å². The van der Waals surface area contributed by atoms with Crippen LogP contribution in [-0.4, -0.2) is 23.0 Å². The van der Waals surface area contributed by atoms with Gasteiger partial charge in [0.1, 0.15) is 11.6 Å². The van der Waals surface area contributed by atoms with Crippen LogP contribution in [0, 0.1) is 35.0 Å². The van der Waals surface area contributed by atoms with Crippen LogP contribution in [0.4, 0.5) is 22.0 Å². The van der Waals surface area contributed by atoms with Crippen molar-refractivity contribution in [1.82, 2.24) is 5.32 Å². The van der Waals surface area contributed by atoms with E-state index in [2.05, 4.69) is 0 Å². The molecule has 0 aliphatic carbocycles. The van der Waals surface area contributed by atoms with E-state index in [4.69, 9.17) is 5.11 Å². The molecule has 1 aromatic rings. The van der Waals surface area contributed by atoms with Crippen LogP contribution in [0.25, 0.3) is 0 Å². The molecule has 1 rings (SSSR count). The molecule has 0 aromatic heterocycles. The summed E-state index contributed by atoms with van der Waals surface area (Å²) in [6.07, 6.45) is -0.0868. The van der Waals surface area contributed by atoms with Gasteiger partial charge in [0, 0.05) is 0 Å². The van der Waals surface area contributed by atoms with E-state index in [1.54, 1.807) is 19.2 Å². The van der Waals surface area contributed by atoms with Crippen molar-refractivity contribution in [2.45, 2.75) is 26.3 Å². The average Bonchev–Trinajstić information content (AvgIpc) is 2.42. The summed E-state index contributed by atoms with van der Waals surface area (Å²) in [7, 11) is 0. The van der Waals surface area contributed by atoms with Crippen LogP contribution in [0.2, 0.25) is 0 Å². The van der Waals surface area contributed by atoms with E-state index in [0.717, 1.165) is 0 Å². The zero-order chi connectivity index (χ0) is 17.2. The van der Waals surface area contributed by atoms with Crippen LogP contribution in [-0.2, 0) is 4.79 Å². The lowest BCUT2D eigenvalue weighted by atomic mass is 10.0. The van der Waals surface area contributed by atoms with Gasteiger partial charge in [-0.1, -0.05) is 13.8 Å². The summed E-state index contributed by atoms with van der Waals surface area (Å²) >= 11 is 0. The predicted molar refractivity (Wildman–Crippen MR) is 64.6 cm³/mol. The molecule has 0 aliphatic rings. The molecule has 0 spiro atoms. The smallest absolute Gasteiger partial charge is 0.326 e. The first kappa shape index (κ1) is 17.9. The van der Waals surface area contributed by atoms with E-state index in [-0.39, 0.29) is 12.3 Å². The molecular formula is C13H12F5NO3. The number of halogens is 5. The topological polar surface area (TPSA) is 66.4 Å². The Morgan fingerprint density at radius 3 is 1.73 bits per heavy atom. The van der Waals surface area contributed by atoms with E-state index in [1.165, 1.54) is 0 Å². The minimum Gasteiger partial charge on any atom is -0.480 e. The van der Waals surface area contributed by atoms with Crippen molar-refractivity contribution in [3.05, 3.63) is 34.6 Å². The summed E-state index contributed by atoms with van der Waals surface area (Å²) in [5, 5.41) is 10.6. The fourth-order valence-corrected chi connectivity index (χ4v) is 1.73. The van der Waals surface area contributed by atoms with E-state index < -0.39 is 52.6 Å². The predicted octanol–water partition coefficient (Wildman–Crippen LogP) is 2.61. The molecule has 2 N–H and O–H groups in total. The van der Waals surface area contributed by atoms with Gasteiger partial charge in [-0.3, -0.25) is 4.79 Å². The fraction of sp³-hybridized carbons (Fsp3) is 0.385. The van der Waals surface area contributed by atoms with Crippen molar-refractivity contribution in [3.8, 4) is 0 Å². The average molecular weight is 325 g/mol. The Morgan fingerprint density at radius 1 is 0.955 bits per heavy atom. The zero-order valence-corrected chi connectivity index (χ0v) is 11.5. The van der Waals surface area contributed by atoms with E-state index in [9.17, 15) is 31.5 Å². The molecule has 1 aromatic carbocycles. The third kappa shape index (κ3) is 3.52. The van der Waals surface area contributed by atoms with Gasteiger partial charge < -0.3 is 10.4 Å². The first-order chi connectivity index (χ1) is 10.1. The van der Waals surface area contributed by atoms with Crippen LogP contribution in [0.15, 0.2) is 0 Å². The van der Waals surface area contributed by atoms with Crippen molar-refractivity contribution in [1.29, 1.82) is 0 Å². The lowest BCUT2D eigenvalue weighted by Gasteiger charge is -2.17. The van der Waals surface area contributed by atoms with Crippen molar-refractivity contribution in [2.24, 2.45) is 5.92 Å². The maximum atomic E-state index is 13.4. The van der Waals surface area contributed by atoms with Crippen LogP contribution >= 0.6 is 0 Å². The third-order valence-corrected chi connectivity index (χ3v) is 2.75. The first-order valence-electron chi connectivity index (χ1n) is 6.13. The molecular weight excluding hydrogens is 313 g/mol. The van der Waals surface area contributed by atoms with Crippen molar-refractivity contribution in [2.75, 3.05) is 0 Å². The molecule has 1 amide bonds. The number of aliphatic carboxylic acids is 1. The Balaban J connectivity index is 3.21. The summed E-state index contributed by atoms with van der Waals surface area (Å²) in [6, 6.07) is -1.53. The molecule has 0 unspecified atom stereocenters. The second-order valence-electron chi connectivity index (χ2n) is 4.94. The molecule has 4 nitrogen and oxygen atoms in total. The number of hydrogen-bond donors (Lipinski definition) is 2. The number of amides is 1. The maximum absolute atomic E-state index is 13.4. The number of carbonyl (C=O) groups excluding carboxylic acids is 1. The Hall–Kier alpha value is -2.19. The molecule has 1 atom stereocenters. The highest BCUT2D eigenvalue weighted by Crippen LogP contribution is 2.23. The summed E-state index contributed by atoms with van der Waals surface area (Å²) < 4.78 is 65.8. The Labute approximate surface area is 121 Å². The van der Waals surface area contributed by atoms with Gasteiger partial charge in [0.15, 0.2) is 23.3 Å². The quantitative estimate of drug-likeness (QED) is 0.497. The lowest BCUT2D eigenvalue weighted by Crippen LogP contribution is -2.42. The molecule has 0 aliphatic heterocycles. The van der Waals surface area contributed by atoms with E-state index in [0.29, 0.717) is 0 Å². The molecule has 22 heavy (non-hydrogen) atoms. The summed E-state index contributed by atoms with van der Waals surface area (Å²) in [5.41, 5.74) is -1.72. The molecule has 0 heterocycles. The molecule has 0 radical (unpaired) electrons. The maximum Gasteiger partial charge on any atom is 0.326 e. The molecule has 122 valence electrons. The number of nitrogens with one attached hydrogen (secondary N) is 1. The van der Waals surface area contributed by atoms with E-state index >= 15 is 0 Å². The summed E-state index contributed by atoms with van der Waals surface area (Å²) in [6.45, 7) is 3.25. The Bertz CT molecular complexity index is 589. The number of carbonyl (C=O) groups is 2. The minimum atomic E-state index is -2.40. The molecule has 0 saturated carbocycles. The van der Waals surface area contributed by atoms with Gasteiger partial charge in [0.25, 0.3) is 5.91 Å². The van der Waals surface area contributed by atoms with Crippen LogP contribution in [0.5, 0.6) is 0 Å². The first-order valence-corrected chi connectivity index (χ1v) is 6.13. The number of carboxylic acid groups (broad SMARTS) is 1. The molecule has 0 bridgehead atoms. The summed E-state index contributed by atoms with van der Waals surface area (Å²) in [4.78, 5) is 22.6. The largest absolute Gasteiger partial charge is 0.480 e. The van der Waals surface area contributed by atoms with Gasteiger partial charge in [0.2, 0.25) is 5.82 Å². The fourth-order valence-electron chi connectivity index (χ4n) is 1.73. The third-order valence-electron chi connectivity index (χ3n) is 2.75. The standard InChI is InChI=1S/C13H12F5NO3/c1-4(2)3-5(13(21)22)19-12(20)6-7(14)9(16)11(18)10(17)8(6)15/h4-5H,3H2,1-2H3,(H,19,20)(H,21,22)/t5-/m1/s1. The molecule has 0 saturated heterocycles. The zero-order valence-electron chi connectivity index (χ0n) is 11.5. The normalized spacial score (nSPS) is 12.4. The Morgan fingerprint density at radius 2 is 1.36 bits per heavy atom. The number of benzene rings is 1. The van der Waals surface area contributed by atoms with Gasteiger partial charge in [-0.15, -0.1) is 0 Å². The van der Waals surface area contributed by atoms with Gasteiger partial charge in [0.05, 0.1) is 0 Å². The number of rotatable bonds is 5. The van der Waals surface area contributed by atoms with Crippen LogP contribution in [0.3, 0.4) is 0 Å². The number of carboxylic acids is 1. The second-order valence-corrected chi connectivity index (χ2v) is 4.94. The lowest BCUT2D eigenvalue weighted by molar-refractivity contribution is -0.139. The van der Waals surface area contributed by atoms with Crippen molar-refractivity contribution >= 4 is 11.9 Å². The van der Waals surface area contributed by atoms with Crippen LogP contribution < -0.4 is 5.32 Å². The monoisotopic (exact) mass is 325 g/mol. The second kappa shape index (κ2) is 6.71. The number of hydrogen-bond acceptors (Lipinski definition) is 2. The van der Waals surface area contributed by atoms with Crippen LogP contribution in [0.1, 0.15) is 30.6 Å². The highest BCUT2D eigenvalue weighted by Gasteiger charge is 2.31. The van der Waals surface area contributed by atoms with Gasteiger partial charge >= 0.3 is 5.97 Å². The Kier molecular flexibility index (Phi) is 5.45. The van der Waals surface area contributed by atoms with Crippen molar-refractivity contribution < 1.29 is 36.6 Å². The minimum absolute atomic E-state index is 0.0868. The molecule has 9 heteroatoms. The highest BCUT2D eigenvalue weighted by atomic mass is 19.2. The molecule has 0 fully saturated rings. The summed E-state index contributed by atoms with van der Waals surface area (Å²) in [5.74, 6) is -15.0. The SMILES string of the molecule is CC(C)C[C@@H](NC(=O)c1c(F)c(F)c(F)c(F)c1F)C(=O)O. The highest BCUT2D eigenvalue weighted by molar-refractivity contribution is 5.97.